The van der Waals surface area contributed by atoms with E-state index in [2.05, 4.69) is 4.98 Å². The summed E-state index contributed by atoms with van der Waals surface area (Å²) in [5.74, 6) is -0.0874. The molecule has 0 saturated carbocycles. The van der Waals surface area contributed by atoms with Crippen molar-refractivity contribution in [1.82, 2.24) is 4.98 Å². The maximum Gasteiger partial charge on any atom is 0.241 e. The number of anilines is 1. The van der Waals surface area contributed by atoms with Gasteiger partial charge in [0, 0.05) is 11.7 Å². The van der Waals surface area contributed by atoms with Crippen LogP contribution >= 0.6 is 0 Å². The summed E-state index contributed by atoms with van der Waals surface area (Å²) in [4.78, 5) is 17.4. The molecule has 1 heterocycles. The minimum absolute atomic E-state index is 0.0199. The van der Waals surface area contributed by atoms with Gasteiger partial charge < -0.3 is 10.6 Å². The Balaban J connectivity index is 2.99. The van der Waals surface area contributed by atoms with Crippen molar-refractivity contribution in [3.63, 3.8) is 0 Å². The highest BCUT2D eigenvalue weighted by Crippen LogP contribution is 2.15. The summed E-state index contributed by atoms with van der Waals surface area (Å²) < 4.78 is 0. The first-order chi connectivity index (χ1) is 7.06. The molecule has 0 aliphatic rings. The van der Waals surface area contributed by atoms with E-state index in [4.69, 9.17) is 5.73 Å². The first-order valence-electron chi connectivity index (χ1n) is 5.01. The molecule has 1 aromatic heterocycles. The molecule has 1 rings (SSSR count). The van der Waals surface area contributed by atoms with Gasteiger partial charge in [0.1, 0.15) is 0 Å². The van der Waals surface area contributed by atoms with Crippen LogP contribution in [0.3, 0.4) is 0 Å². The van der Waals surface area contributed by atoms with E-state index in [1.807, 2.05) is 32.9 Å². The van der Waals surface area contributed by atoms with Crippen molar-refractivity contribution in [2.45, 2.75) is 26.8 Å². The largest absolute Gasteiger partial charge is 0.322 e. The van der Waals surface area contributed by atoms with E-state index in [9.17, 15) is 4.79 Å². The van der Waals surface area contributed by atoms with Crippen molar-refractivity contribution >= 4 is 11.6 Å². The molecule has 0 aliphatic carbocycles. The second kappa shape index (κ2) is 4.89. The molecule has 0 aromatic carbocycles. The number of carbonyl (C=O) groups is 1. The molecule has 0 fully saturated rings. The fourth-order valence-electron chi connectivity index (χ4n) is 1.43. The number of nitrogens with zero attached hydrogens (tertiary/aromatic N) is 2. The van der Waals surface area contributed by atoms with Crippen LogP contribution < -0.4 is 10.6 Å². The minimum atomic E-state index is -0.0874. The maximum absolute atomic E-state index is 11.6. The third kappa shape index (κ3) is 2.76. The lowest BCUT2D eigenvalue weighted by atomic mass is 10.2. The smallest absolute Gasteiger partial charge is 0.241 e. The average Bonchev–Trinajstić information content (AvgIpc) is 2.20. The molecule has 82 valence electrons. The lowest BCUT2D eigenvalue weighted by Gasteiger charge is -2.26. The Bertz CT molecular complexity index is 332. The molecule has 0 radical (unpaired) electrons. The molecule has 0 saturated heterocycles. The average molecular weight is 207 g/mol. The Labute approximate surface area is 90.1 Å². The number of amides is 1. The Kier molecular flexibility index (Phi) is 3.80. The second-order valence-electron chi connectivity index (χ2n) is 3.72. The van der Waals surface area contributed by atoms with Crippen LogP contribution in [0.25, 0.3) is 0 Å². The van der Waals surface area contributed by atoms with E-state index in [-0.39, 0.29) is 18.5 Å². The first kappa shape index (κ1) is 11.7. The maximum atomic E-state index is 11.6. The summed E-state index contributed by atoms with van der Waals surface area (Å²) >= 11 is 0. The highest BCUT2D eigenvalue weighted by atomic mass is 16.2. The second-order valence-corrected chi connectivity index (χ2v) is 3.72. The monoisotopic (exact) mass is 207 g/mol. The number of carbonyl (C=O) groups excluding carboxylic acids is 1. The molecule has 1 aromatic rings. The van der Waals surface area contributed by atoms with Crippen LogP contribution in [0.15, 0.2) is 18.3 Å². The normalized spacial score (nSPS) is 10.5. The molecule has 0 atom stereocenters. The van der Waals surface area contributed by atoms with Crippen LogP contribution in [0.1, 0.15) is 19.5 Å². The van der Waals surface area contributed by atoms with E-state index in [0.29, 0.717) is 0 Å². The highest BCUT2D eigenvalue weighted by Gasteiger charge is 2.17. The van der Waals surface area contributed by atoms with Gasteiger partial charge in [0.15, 0.2) is 0 Å². The van der Waals surface area contributed by atoms with E-state index in [1.54, 1.807) is 11.1 Å². The van der Waals surface area contributed by atoms with Gasteiger partial charge in [0.05, 0.1) is 18.4 Å². The van der Waals surface area contributed by atoms with E-state index in [0.717, 1.165) is 11.4 Å². The van der Waals surface area contributed by atoms with Gasteiger partial charge in [-0.25, -0.2) is 0 Å². The van der Waals surface area contributed by atoms with Crippen LogP contribution in [-0.4, -0.2) is 23.5 Å². The number of hydrogen-bond donors (Lipinski definition) is 1. The van der Waals surface area contributed by atoms with Crippen molar-refractivity contribution in [3.8, 4) is 0 Å². The summed E-state index contributed by atoms with van der Waals surface area (Å²) in [7, 11) is 0. The van der Waals surface area contributed by atoms with Gasteiger partial charge in [-0.05, 0) is 32.9 Å². The molecule has 0 bridgehead atoms. The number of rotatable bonds is 3. The van der Waals surface area contributed by atoms with Crippen LogP contribution in [0.4, 0.5) is 5.69 Å². The summed E-state index contributed by atoms with van der Waals surface area (Å²) in [6.45, 7) is 5.83. The van der Waals surface area contributed by atoms with Gasteiger partial charge in [-0.15, -0.1) is 0 Å². The summed E-state index contributed by atoms with van der Waals surface area (Å²) in [6.07, 6.45) is 1.70. The van der Waals surface area contributed by atoms with Crippen molar-refractivity contribution in [3.05, 3.63) is 24.0 Å². The minimum Gasteiger partial charge on any atom is -0.322 e. The van der Waals surface area contributed by atoms with E-state index < -0.39 is 0 Å². The Hall–Kier alpha value is -1.42. The predicted octanol–water partition coefficient (Wildman–Crippen LogP) is 1.09. The molecule has 2 N–H and O–H groups in total. The van der Waals surface area contributed by atoms with Crippen LogP contribution in [0, 0.1) is 6.92 Å². The fraction of sp³-hybridized carbons (Fsp3) is 0.455. The Morgan fingerprint density at radius 2 is 2.20 bits per heavy atom. The fourth-order valence-corrected chi connectivity index (χ4v) is 1.43. The lowest BCUT2D eigenvalue weighted by Crippen LogP contribution is -2.41. The molecule has 4 heteroatoms. The third-order valence-electron chi connectivity index (χ3n) is 2.13. The standard InChI is InChI=1S/C11H17N3O/c1-8(2)14(11(15)6-12)10-5-4-9(3)13-7-10/h4-5,7-8H,6,12H2,1-3H3. The SMILES string of the molecule is Cc1ccc(N(C(=O)CN)C(C)C)cn1. The zero-order valence-electron chi connectivity index (χ0n) is 9.40. The van der Waals surface area contributed by atoms with E-state index in [1.165, 1.54) is 0 Å². The molecule has 0 spiro atoms. The van der Waals surface area contributed by atoms with Crippen molar-refractivity contribution < 1.29 is 4.79 Å². The van der Waals surface area contributed by atoms with Gasteiger partial charge in [-0.1, -0.05) is 0 Å². The molecule has 0 aliphatic heterocycles. The van der Waals surface area contributed by atoms with Gasteiger partial charge in [0.2, 0.25) is 5.91 Å². The van der Waals surface area contributed by atoms with Crippen LogP contribution in [0.2, 0.25) is 0 Å². The summed E-state index contributed by atoms with van der Waals surface area (Å²) in [5, 5.41) is 0. The van der Waals surface area contributed by atoms with Gasteiger partial charge >= 0.3 is 0 Å². The number of aryl methyl sites for hydroxylation is 1. The number of hydrogen-bond acceptors (Lipinski definition) is 3. The quantitative estimate of drug-likeness (QED) is 0.807. The Morgan fingerprint density at radius 3 is 2.60 bits per heavy atom. The van der Waals surface area contributed by atoms with Gasteiger partial charge in [-0.3, -0.25) is 9.78 Å². The van der Waals surface area contributed by atoms with Crippen LogP contribution in [-0.2, 0) is 4.79 Å². The van der Waals surface area contributed by atoms with Crippen molar-refractivity contribution in [2.75, 3.05) is 11.4 Å². The molecule has 1 amide bonds. The van der Waals surface area contributed by atoms with Gasteiger partial charge in [0.25, 0.3) is 0 Å². The third-order valence-corrected chi connectivity index (χ3v) is 2.13. The number of nitrogens with two attached hydrogens (primary N) is 1. The van der Waals surface area contributed by atoms with Crippen molar-refractivity contribution in [1.29, 1.82) is 0 Å². The molecule has 15 heavy (non-hydrogen) atoms. The Morgan fingerprint density at radius 1 is 1.53 bits per heavy atom. The van der Waals surface area contributed by atoms with Crippen molar-refractivity contribution in [2.24, 2.45) is 5.73 Å². The zero-order valence-corrected chi connectivity index (χ0v) is 9.40. The first-order valence-corrected chi connectivity index (χ1v) is 5.01. The summed E-state index contributed by atoms with van der Waals surface area (Å²) in [5.41, 5.74) is 7.10. The molecular formula is C11H17N3O. The highest BCUT2D eigenvalue weighted by molar-refractivity contribution is 5.94. The van der Waals surface area contributed by atoms with E-state index >= 15 is 0 Å². The molecule has 0 unspecified atom stereocenters. The lowest BCUT2D eigenvalue weighted by molar-refractivity contribution is -0.117. The number of pyridine rings is 1. The number of aromatic nitrogens is 1. The molecule has 4 nitrogen and oxygen atoms in total. The molecular weight excluding hydrogens is 190 g/mol. The topological polar surface area (TPSA) is 59.2 Å². The predicted molar refractivity (Wildman–Crippen MR) is 60.7 cm³/mol. The van der Waals surface area contributed by atoms with Crippen LogP contribution in [0.5, 0.6) is 0 Å². The van der Waals surface area contributed by atoms with Gasteiger partial charge in [-0.2, -0.15) is 0 Å². The summed E-state index contributed by atoms with van der Waals surface area (Å²) in [6, 6.07) is 3.86. The zero-order chi connectivity index (χ0) is 11.4.